The summed E-state index contributed by atoms with van der Waals surface area (Å²) in [5.74, 6) is -1.77. The van der Waals surface area contributed by atoms with Crippen molar-refractivity contribution >= 4 is 11.6 Å². The van der Waals surface area contributed by atoms with Crippen LogP contribution >= 0.6 is 11.6 Å². The molecule has 0 spiro atoms. The first-order valence-corrected chi connectivity index (χ1v) is 6.59. The minimum atomic E-state index is -0.909. The summed E-state index contributed by atoms with van der Waals surface area (Å²) in [5, 5.41) is 3.57. The number of halogens is 3. The fraction of sp³-hybridized carbons (Fsp3) is 0.571. The van der Waals surface area contributed by atoms with Gasteiger partial charge in [0, 0.05) is 11.1 Å². The van der Waals surface area contributed by atoms with Crippen molar-refractivity contribution in [3.63, 3.8) is 0 Å². The number of rotatable bonds is 5. The Morgan fingerprint density at radius 3 is 2.28 bits per heavy atom. The Bertz CT molecular complexity index is 419. The zero-order chi connectivity index (χ0) is 13.9. The highest BCUT2D eigenvalue weighted by atomic mass is 35.5. The summed E-state index contributed by atoms with van der Waals surface area (Å²) in [6.07, 6.45) is 0.903. The van der Waals surface area contributed by atoms with E-state index in [0.29, 0.717) is 5.56 Å². The third kappa shape index (κ3) is 3.21. The molecule has 0 saturated heterocycles. The van der Waals surface area contributed by atoms with Crippen LogP contribution in [0.15, 0.2) is 12.1 Å². The first-order valence-electron chi connectivity index (χ1n) is 6.21. The van der Waals surface area contributed by atoms with E-state index in [1.807, 2.05) is 6.92 Å². The second kappa shape index (κ2) is 5.98. The predicted octanol–water partition coefficient (Wildman–Crippen LogP) is 4.71. The van der Waals surface area contributed by atoms with Crippen molar-refractivity contribution in [1.82, 2.24) is 5.32 Å². The van der Waals surface area contributed by atoms with Crippen LogP contribution in [0.2, 0.25) is 5.02 Å². The molecule has 1 atom stereocenters. The molecule has 1 nitrogen and oxygen atoms in total. The number of nitrogens with one attached hydrogen (secondary N) is 1. The Morgan fingerprint density at radius 1 is 1.22 bits per heavy atom. The second-order valence-corrected chi connectivity index (χ2v) is 5.53. The Labute approximate surface area is 113 Å². The molecular weight excluding hydrogens is 256 g/mol. The normalized spacial score (nSPS) is 13.7. The van der Waals surface area contributed by atoms with Crippen molar-refractivity contribution in [3.05, 3.63) is 34.4 Å². The quantitative estimate of drug-likeness (QED) is 0.768. The SMILES string of the molecule is CCNC(c1cc(F)c(F)cc1Cl)C(C)(C)CC. The molecule has 4 heteroatoms. The van der Waals surface area contributed by atoms with Crippen molar-refractivity contribution in [1.29, 1.82) is 0 Å². The predicted molar refractivity (Wildman–Crippen MR) is 71.9 cm³/mol. The molecule has 102 valence electrons. The number of hydrogen-bond donors (Lipinski definition) is 1. The monoisotopic (exact) mass is 275 g/mol. The summed E-state index contributed by atoms with van der Waals surface area (Å²) in [5.41, 5.74) is 0.522. The molecule has 0 bridgehead atoms. The molecule has 0 fully saturated rings. The highest BCUT2D eigenvalue weighted by Crippen LogP contribution is 2.39. The lowest BCUT2D eigenvalue weighted by Gasteiger charge is -2.35. The maximum atomic E-state index is 13.4. The highest BCUT2D eigenvalue weighted by Gasteiger charge is 2.30. The molecule has 1 rings (SSSR count). The van der Waals surface area contributed by atoms with Gasteiger partial charge in [-0.05, 0) is 36.1 Å². The van der Waals surface area contributed by atoms with Crippen LogP contribution in [0.3, 0.4) is 0 Å². The summed E-state index contributed by atoms with van der Waals surface area (Å²) in [6.45, 7) is 8.95. The zero-order valence-corrected chi connectivity index (χ0v) is 12.0. The van der Waals surface area contributed by atoms with Crippen molar-refractivity contribution in [3.8, 4) is 0 Å². The van der Waals surface area contributed by atoms with Gasteiger partial charge in [-0.1, -0.05) is 39.3 Å². The van der Waals surface area contributed by atoms with Crippen LogP contribution < -0.4 is 5.32 Å². The molecule has 1 aromatic rings. The van der Waals surface area contributed by atoms with Gasteiger partial charge in [0.25, 0.3) is 0 Å². The van der Waals surface area contributed by atoms with Crippen LogP contribution in [-0.4, -0.2) is 6.54 Å². The maximum absolute atomic E-state index is 13.4. The standard InChI is InChI=1S/C14H20ClF2N/c1-5-14(3,4)13(18-6-2)9-7-11(16)12(17)8-10(9)15/h7-8,13,18H,5-6H2,1-4H3. The molecule has 0 aliphatic rings. The molecule has 18 heavy (non-hydrogen) atoms. The van der Waals surface area contributed by atoms with Gasteiger partial charge in [-0.2, -0.15) is 0 Å². The zero-order valence-electron chi connectivity index (χ0n) is 11.3. The summed E-state index contributed by atoms with van der Waals surface area (Å²) in [4.78, 5) is 0. The third-order valence-corrected chi connectivity index (χ3v) is 3.78. The minimum absolute atomic E-state index is 0.0933. The lowest BCUT2D eigenvalue weighted by molar-refractivity contribution is 0.236. The average Bonchev–Trinajstić information content (AvgIpc) is 2.31. The van der Waals surface area contributed by atoms with Crippen molar-refractivity contribution in [2.75, 3.05) is 6.54 Å². The van der Waals surface area contributed by atoms with Gasteiger partial charge in [-0.15, -0.1) is 0 Å². The third-order valence-electron chi connectivity index (χ3n) is 3.45. The fourth-order valence-electron chi connectivity index (χ4n) is 1.97. The van der Waals surface area contributed by atoms with Gasteiger partial charge in [0.15, 0.2) is 11.6 Å². The summed E-state index contributed by atoms with van der Waals surface area (Å²) in [6, 6.07) is 2.14. The Morgan fingerprint density at radius 2 is 1.78 bits per heavy atom. The van der Waals surface area contributed by atoms with Crippen LogP contribution in [0.1, 0.15) is 45.7 Å². The first-order chi connectivity index (χ1) is 8.33. The van der Waals surface area contributed by atoms with Crippen LogP contribution in [0.4, 0.5) is 8.78 Å². The molecule has 0 aliphatic heterocycles. The molecule has 0 heterocycles. The molecular formula is C14H20ClF2N. The van der Waals surface area contributed by atoms with Gasteiger partial charge in [0.2, 0.25) is 0 Å². The van der Waals surface area contributed by atoms with E-state index in [-0.39, 0.29) is 16.5 Å². The Balaban J connectivity index is 3.26. The van der Waals surface area contributed by atoms with Crippen molar-refractivity contribution in [2.24, 2.45) is 5.41 Å². The first kappa shape index (κ1) is 15.4. The summed E-state index contributed by atoms with van der Waals surface area (Å²) in [7, 11) is 0. The molecule has 1 unspecified atom stereocenters. The fourth-order valence-corrected chi connectivity index (χ4v) is 2.23. The van der Waals surface area contributed by atoms with Gasteiger partial charge in [0.1, 0.15) is 0 Å². The van der Waals surface area contributed by atoms with E-state index in [2.05, 4.69) is 26.1 Å². The lowest BCUT2D eigenvalue weighted by Crippen LogP contribution is -2.34. The number of hydrogen-bond acceptors (Lipinski definition) is 1. The maximum Gasteiger partial charge on any atom is 0.160 e. The summed E-state index contributed by atoms with van der Waals surface area (Å²) >= 11 is 6.05. The topological polar surface area (TPSA) is 12.0 Å². The van der Waals surface area contributed by atoms with Gasteiger partial charge >= 0.3 is 0 Å². The number of benzene rings is 1. The van der Waals surface area contributed by atoms with E-state index in [4.69, 9.17) is 11.6 Å². The molecule has 0 radical (unpaired) electrons. The van der Waals surface area contributed by atoms with Gasteiger partial charge in [-0.25, -0.2) is 8.78 Å². The van der Waals surface area contributed by atoms with E-state index >= 15 is 0 Å². The van der Waals surface area contributed by atoms with E-state index < -0.39 is 11.6 Å². The molecule has 0 aromatic heterocycles. The smallest absolute Gasteiger partial charge is 0.160 e. The Kier molecular flexibility index (Phi) is 5.11. The van der Waals surface area contributed by atoms with E-state index in [9.17, 15) is 8.78 Å². The van der Waals surface area contributed by atoms with E-state index in [1.165, 1.54) is 6.07 Å². The van der Waals surface area contributed by atoms with Gasteiger partial charge < -0.3 is 5.32 Å². The van der Waals surface area contributed by atoms with E-state index in [1.54, 1.807) is 0 Å². The van der Waals surface area contributed by atoms with Crippen molar-refractivity contribution < 1.29 is 8.78 Å². The summed E-state index contributed by atoms with van der Waals surface area (Å²) < 4.78 is 26.5. The molecule has 0 saturated carbocycles. The second-order valence-electron chi connectivity index (χ2n) is 5.12. The largest absolute Gasteiger partial charge is 0.310 e. The van der Waals surface area contributed by atoms with Gasteiger partial charge in [-0.3, -0.25) is 0 Å². The highest BCUT2D eigenvalue weighted by molar-refractivity contribution is 6.31. The average molecular weight is 276 g/mol. The molecule has 1 aromatic carbocycles. The van der Waals surface area contributed by atoms with Crippen LogP contribution in [0.25, 0.3) is 0 Å². The van der Waals surface area contributed by atoms with Crippen LogP contribution in [-0.2, 0) is 0 Å². The molecule has 0 aliphatic carbocycles. The Hall–Kier alpha value is -0.670. The van der Waals surface area contributed by atoms with Crippen LogP contribution in [0, 0.1) is 17.0 Å². The lowest BCUT2D eigenvalue weighted by atomic mass is 9.78. The van der Waals surface area contributed by atoms with E-state index in [0.717, 1.165) is 19.0 Å². The molecule has 1 N–H and O–H groups in total. The van der Waals surface area contributed by atoms with Crippen molar-refractivity contribution in [2.45, 2.75) is 40.2 Å². The van der Waals surface area contributed by atoms with Crippen LogP contribution in [0.5, 0.6) is 0 Å². The minimum Gasteiger partial charge on any atom is -0.310 e. The van der Waals surface area contributed by atoms with Gasteiger partial charge in [0.05, 0.1) is 0 Å². The molecule has 0 amide bonds.